The summed E-state index contributed by atoms with van der Waals surface area (Å²) < 4.78 is 0. The summed E-state index contributed by atoms with van der Waals surface area (Å²) in [5.41, 5.74) is 3.33. The Labute approximate surface area is 160 Å². The fourth-order valence-electron chi connectivity index (χ4n) is 3.73. The number of para-hydroxylation sites is 2. The normalized spacial score (nSPS) is 15.8. The molecule has 0 bridgehead atoms. The second kappa shape index (κ2) is 8.35. The summed E-state index contributed by atoms with van der Waals surface area (Å²) in [5.74, 6) is 1.13. The van der Waals surface area contributed by atoms with Crippen molar-refractivity contribution in [1.82, 2.24) is 19.8 Å². The third-order valence-electron chi connectivity index (χ3n) is 5.20. The van der Waals surface area contributed by atoms with E-state index < -0.39 is 0 Å². The van der Waals surface area contributed by atoms with E-state index in [0.29, 0.717) is 12.8 Å². The Bertz CT molecular complexity index is 856. The minimum absolute atomic E-state index is 0.233. The lowest BCUT2D eigenvalue weighted by atomic mass is 10.2. The molecule has 3 aromatic rings. The number of carbonyl (C=O) groups excluding carboxylic acids is 1. The molecule has 1 aliphatic heterocycles. The number of imidazole rings is 1. The summed E-state index contributed by atoms with van der Waals surface area (Å²) in [6.07, 6.45) is 2.21. The third kappa shape index (κ3) is 4.55. The van der Waals surface area contributed by atoms with Crippen molar-refractivity contribution in [2.24, 2.45) is 0 Å². The van der Waals surface area contributed by atoms with E-state index in [0.717, 1.165) is 56.0 Å². The van der Waals surface area contributed by atoms with Crippen molar-refractivity contribution < 1.29 is 4.79 Å². The molecule has 5 nitrogen and oxygen atoms in total. The smallest absolute Gasteiger partial charge is 0.223 e. The van der Waals surface area contributed by atoms with E-state index in [1.54, 1.807) is 0 Å². The summed E-state index contributed by atoms with van der Waals surface area (Å²) >= 11 is 0. The Hall–Kier alpha value is -2.66. The van der Waals surface area contributed by atoms with E-state index in [-0.39, 0.29) is 5.91 Å². The van der Waals surface area contributed by atoms with Gasteiger partial charge in [-0.05, 0) is 24.1 Å². The van der Waals surface area contributed by atoms with Crippen molar-refractivity contribution in [3.63, 3.8) is 0 Å². The highest BCUT2D eigenvalue weighted by atomic mass is 16.2. The van der Waals surface area contributed by atoms with Gasteiger partial charge in [-0.2, -0.15) is 0 Å². The Morgan fingerprint density at radius 2 is 1.78 bits per heavy atom. The molecule has 1 N–H and O–H groups in total. The van der Waals surface area contributed by atoms with E-state index in [4.69, 9.17) is 0 Å². The van der Waals surface area contributed by atoms with Crippen LogP contribution in [-0.2, 0) is 17.8 Å². The van der Waals surface area contributed by atoms with Crippen molar-refractivity contribution in [3.8, 4) is 0 Å². The van der Waals surface area contributed by atoms with E-state index in [1.807, 2.05) is 35.2 Å². The summed E-state index contributed by atoms with van der Waals surface area (Å²) in [5, 5.41) is 0. The molecule has 1 aromatic heterocycles. The molecule has 1 saturated heterocycles. The first-order chi connectivity index (χ1) is 13.3. The topological polar surface area (TPSA) is 52.2 Å². The maximum absolute atomic E-state index is 12.7. The largest absolute Gasteiger partial charge is 0.342 e. The molecule has 1 amide bonds. The summed E-state index contributed by atoms with van der Waals surface area (Å²) in [6.45, 7) is 4.60. The highest BCUT2D eigenvalue weighted by Gasteiger charge is 2.19. The lowest BCUT2D eigenvalue weighted by molar-refractivity contribution is -0.131. The summed E-state index contributed by atoms with van der Waals surface area (Å²) in [4.78, 5) is 25.0. The zero-order chi connectivity index (χ0) is 18.5. The van der Waals surface area contributed by atoms with Crippen molar-refractivity contribution in [2.45, 2.75) is 25.8 Å². The molecule has 0 aliphatic carbocycles. The van der Waals surface area contributed by atoms with Crippen LogP contribution >= 0.6 is 0 Å². The highest BCUT2D eigenvalue weighted by Crippen LogP contribution is 2.13. The number of carbonyl (C=O) groups is 1. The van der Waals surface area contributed by atoms with Crippen molar-refractivity contribution in [3.05, 3.63) is 66.0 Å². The van der Waals surface area contributed by atoms with Crippen LogP contribution in [0.4, 0.5) is 0 Å². The quantitative estimate of drug-likeness (QED) is 0.758. The van der Waals surface area contributed by atoms with Gasteiger partial charge in [-0.15, -0.1) is 0 Å². The van der Waals surface area contributed by atoms with Crippen LogP contribution in [0.15, 0.2) is 54.6 Å². The number of aromatic nitrogens is 2. The third-order valence-corrected chi connectivity index (χ3v) is 5.20. The Kier molecular flexibility index (Phi) is 5.49. The Morgan fingerprint density at radius 3 is 2.63 bits per heavy atom. The number of rotatable bonds is 5. The molecule has 2 heterocycles. The second-order valence-corrected chi connectivity index (χ2v) is 7.20. The highest BCUT2D eigenvalue weighted by molar-refractivity contribution is 5.77. The molecular weight excluding hydrogens is 336 g/mol. The molecule has 0 saturated carbocycles. The molecule has 5 heteroatoms. The van der Waals surface area contributed by atoms with Crippen LogP contribution in [0.1, 0.15) is 24.2 Å². The van der Waals surface area contributed by atoms with Gasteiger partial charge in [0.05, 0.1) is 11.0 Å². The zero-order valence-electron chi connectivity index (χ0n) is 15.6. The predicted octanol–water partition coefficient (Wildman–Crippen LogP) is 3.23. The fraction of sp³-hybridized carbons (Fsp3) is 0.364. The van der Waals surface area contributed by atoms with Crippen molar-refractivity contribution in [1.29, 1.82) is 0 Å². The molecular formula is C22H26N4O. The van der Waals surface area contributed by atoms with Crippen LogP contribution in [0.25, 0.3) is 11.0 Å². The molecule has 140 valence electrons. The molecule has 0 spiro atoms. The number of nitrogens with one attached hydrogen (secondary N) is 1. The number of aromatic amines is 1. The maximum atomic E-state index is 12.7. The van der Waals surface area contributed by atoms with Gasteiger partial charge in [0.25, 0.3) is 0 Å². The minimum atomic E-state index is 0.233. The number of benzene rings is 2. The van der Waals surface area contributed by atoms with Crippen LogP contribution in [0.5, 0.6) is 0 Å². The van der Waals surface area contributed by atoms with E-state index >= 15 is 0 Å². The number of hydrogen-bond acceptors (Lipinski definition) is 3. The second-order valence-electron chi connectivity index (χ2n) is 7.20. The van der Waals surface area contributed by atoms with Gasteiger partial charge >= 0.3 is 0 Å². The molecule has 0 atom stereocenters. The average Bonchev–Trinajstić information content (AvgIpc) is 2.98. The van der Waals surface area contributed by atoms with Crippen LogP contribution in [0.3, 0.4) is 0 Å². The molecule has 1 fully saturated rings. The Morgan fingerprint density at radius 1 is 0.963 bits per heavy atom. The van der Waals surface area contributed by atoms with Crippen molar-refractivity contribution >= 4 is 16.9 Å². The van der Waals surface area contributed by atoms with Gasteiger partial charge in [0.1, 0.15) is 5.82 Å². The van der Waals surface area contributed by atoms with Crippen LogP contribution in [-0.4, -0.2) is 51.9 Å². The summed E-state index contributed by atoms with van der Waals surface area (Å²) in [6, 6.07) is 18.5. The van der Waals surface area contributed by atoms with Crippen LogP contribution in [0.2, 0.25) is 0 Å². The number of nitrogens with zero attached hydrogens (tertiary/aromatic N) is 3. The van der Waals surface area contributed by atoms with E-state index in [1.165, 1.54) is 5.56 Å². The molecule has 2 aromatic carbocycles. The predicted molar refractivity (Wildman–Crippen MR) is 107 cm³/mol. The van der Waals surface area contributed by atoms with Gasteiger partial charge in [-0.25, -0.2) is 4.98 Å². The molecule has 0 radical (unpaired) electrons. The standard InChI is InChI=1S/C22H26N4O/c27-22(12-11-21-23-19-9-4-5-10-20(19)24-21)26-14-6-13-25(15-16-26)17-18-7-2-1-3-8-18/h1-5,7-10H,6,11-17H2,(H,23,24). The molecule has 1 aliphatic rings. The lowest BCUT2D eigenvalue weighted by Crippen LogP contribution is -2.35. The van der Waals surface area contributed by atoms with Gasteiger partial charge in [0, 0.05) is 45.6 Å². The number of aryl methyl sites for hydroxylation is 1. The zero-order valence-corrected chi connectivity index (χ0v) is 15.6. The number of amides is 1. The molecule has 4 rings (SSSR count). The first kappa shape index (κ1) is 17.7. The molecule has 0 unspecified atom stereocenters. The fourth-order valence-corrected chi connectivity index (χ4v) is 3.73. The monoisotopic (exact) mass is 362 g/mol. The number of hydrogen-bond donors (Lipinski definition) is 1. The molecule has 27 heavy (non-hydrogen) atoms. The van der Waals surface area contributed by atoms with Gasteiger partial charge in [0.15, 0.2) is 0 Å². The SMILES string of the molecule is O=C(CCc1nc2ccccc2[nH]1)N1CCCN(Cc2ccccc2)CC1. The minimum Gasteiger partial charge on any atom is -0.342 e. The first-order valence-electron chi connectivity index (χ1n) is 9.75. The van der Waals surface area contributed by atoms with Gasteiger partial charge in [0.2, 0.25) is 5.91 Å². The maximum Gasteiger partial charge on any atom is 0.223 e. The van der Waals surface area contributed by atoms with Gasteiger partial charge < -0.3 is 9.88 Å². The van der Waals surface area contributed by atoms with Gasteiger partial charge in [-0.1, -0.05) is 42.5 Å². The first-order valence-corrected chi connectivity index (χ1v) is 9.75. The number of H-pyrrole nitrogens is 1. The Balaban J connectivity index is 1.28. The van der Waals surface area contributed by atoms with Gasteiger partial charge in [-0.3, -0.25) is 9.69 Å². The van der Waals surface area contributed by atoms with Crippen LogP contribution < -0.4 is 0 Å². The number of fused-ring (bicyclic) bond motifs is 1. The van der Waals surface area contributed by atoms with E-state index in [2.05, 4.69) is 39.1 Å². The lowest BCUT2D eigenvalue weighted by Gasteiger charge is -2.22. The average molecular weight is 362 g/mol. The summed E-state index contributed by atoms with van der Waals surface area (Å²) in [7, 11) is 0. The van der Waals surface area contributed by atoms with Crippen LogP contribution in [0, 0.1) is 0 Å². The van der Waals surface area contributed by atoms with E-state index in [9.17, 15) is 4.79 Å². The van der Waals surface area contributed by atoms with Crippen molar-refractivity contribution in [2.75, 3.05) is 26.2 Å².